The van der Waals surface area contributed by atoms with Gasteiger partial charge in [-0.25, -0.2) is 9.97 Å². The average molecular weight is 276 g/mol. The molecule has 0 saturated heterocycles. The Morgan fingerprint density at radius 2 is 1.95 bits per heavy atom. The summed E-state index contributed by atoms with van der Waals surface area (Å²) in [6.07, 6.45) is 6.87. The summed E-state index contributed by atoms with van der Waals surface area (Å²) in [5.74, 6) is 0.822. The second-order valence-electron chi connectivity index (χ2n) is 5.38. The zero-order chi connectivity index (χ0) is 14.1. The summed E-state index contributed by atoms with van der Waals surface area (Å²) in [6, 6.07) is 12.8. The molecule has 1 aromatic carbocycles. The van der Waals surface area contributed by atoms with Gasteiger partial charge in [0, 0.05) is 6.20 Å². The molecule has 0 spiro atoms. The fraction of sp³-hybridized carbons (Fsp3) is 0.235. The number of fused-ring (bicyclic) bond motifs is 2. The van der Waals surface area contributed by atoms with E-state index in [2.05, 4.69) is 44.5 Å². The van der Waals surface area contributed by atoms with Crippen LogP contribution >= 0.6 is 0 Å². The monoisotopic (exact) mass is 276 g/mol. The van der Waals surface area contributed by atoms with E-state index in [-0.39, 0.29) is 0 Å². The van der Waals surface area contributed by atoms with Gasteiger partial charge in [-0.3, -0.25) is 4.98 Å². The number of nitrogens with zero attached hydrogens (tertiary/aromatic N) is 3. The summed E-state index contributed by atoms with van der Waals surface area (Å²) in [4.78, 5) is 13.1. The van der Waals surface area contributed by atoms with Gasteiger partial charge in [-0.2, -0.15) is 0 Å². The molecule has 0 amide bonds. The van der Waals surface area contributed by atoms with E-state index in [0.29, 0.717) is 6.04 Å². The number of rotatable bonds is 2. The largest absolute Gasteiger partial charge is 0.361 e. The molecular weight excluding hydrogens is 260 g/mol. The molecule has 4 heteroatoms. The van der Waals surface area contributed by atoms with Gasteiger partial charge < -0.3 is 5.32 Å². The average Bonchev–Trinajstić information content (AvgIpc) is 2.56. The van der Waals surface area contributed by atoms with Gasteiger partial charge in [0.2, 0.25) is 0 Å². The van der Waals surface area contributed by atoms with E-state index >= 15 is 0 Å². The molecule has 0 bridgehead atoms. The lowest BCUT2D eigenvalue weighted by Gasteiger charge is -2.26. The van der Waals surface area contributed by atoms with Gasteiger partial charge in [0.25, 0.3) is 0 Å². The first kappa shape index (κ1) is 12.3. The minimum Gasteiger partial charge on any atom is -0.361 e. The molecule has 1 N–H and O–H groups in total. The number of aromatic nitrogens is 3. The number of hydrogen-bond donors (Lipinski definition) is 1. The predicted molar refractivity (Wildman–Crippen MR) is 83.1 cm³/mol. The first-order valence-electron chi connectivity index (χ1n) is 7.32. The van der Waals surface area contributed by atoms with Crippen molar-refractivity contribution >= 4 is 16.9 Å². The fourth-order valence-corrected chi connectivity index (χ4v) is 3.07. The van der Waals surface area contributed by atoms with Crippen LogP contribution in [0.2, 0.25) is 0 Å². The Bertz CT molecular complexity index is 779. The first-order valence-corrected chi connectivity index (χ1v) is 7.32. The second-order valence-corrected chi connectivity index (χ2v) is 5.38. The van der Waals surface area contributed by atoms with E-state index in [4.69, 9.17) is 0 Å². The second kappa shape index (κ2) is 5.13. The third-order valence-corrected chi connectivity index (χ3v) is 4.07. The molecule has 0 fully saturated rings. The van der Waals surface area contributed by atoms with Crippen LogP contribution in [-0.2, 0) is 6.42 Å². The fourth-order valence-electron chi connectivity index (χ4n) is 3.07. The molecule has 2 aromatic heterocycles. The Morgan fingerprint density at radius 3 is 2.95 bits per heavy atom. The molecule has 1 aliphatic carbocycles. The van der Waals surface area contributed by atoms with E-state index in [1.54, 1.807) is 12.5 Å². The molecule has 0 unspecified atom stereocenters. The van der Waals surface area contributed by atoms with E-state index in [1.165, 1.54) is 17.5 Å². The number of anilines is 1. The Balaban J connectivity index is 1.73. The van der Waals surface area contributed by atoms with Gasteiger partial charge in [-0.1, -0.05) is 24.3 Å². The van der Waals surface area contributed by atoms with Crippen molar-refractivity contribution in [1.29, 1.82) is 0 Å². The van der Waals surface area contributed by atoms with Gasteiger partial charge in [0.1, 0.15) is 11.8 Å². The number of aryl methyl sites for hydroxylation is 1. The van der Waals surface area contributed by atoms with Crippen molar-refractivity contribution in [2.24, 2.45) is 0 Å². The number of nitrogens with one attached hydrogen (secondary N) is 1. The van der Waals surface area contributed by atoms with Gasteiger partial charge >= 0.3 is 0 Å². The smallest absolute Gasteiger partial charge is 0.156 e. The van der Waals surface area contributed by atoms with Crippen LogP contribution in [0.15, 0.2) is 48.9 Å². The molecule has 0 radical (unpaired) electrons. The van der Waals surface area contributed by atoms with E-state index < -0.39 is 0 Å². The summed E-state index contributed by atoms with van der Waals surface area (Å²) < 4.78 is 0. The van der Waals surface area contributed by atoms with Crippen LogP contribution in [0, 0.1) is 0 Å². The molecule has 2 heterocycles. The maximum atomic E-state index is 4.42. The third kappa shape index (κ3) is 2.23. The maximum Gasteiger partial charge on any atom is 0.156 e. The molecule has 0 aliphatic heterocycles. The summed E-state index contributed by atoms with van der Waals surface area (Å²) >= 11 is 0. The van der Waals surface area contributed by atoms with Crippen LogP contribution in [-0.4, -0.2) is 15.0 Å². The maximum absolute atomic E-state index is 4.42. The molecule has 1 aliphatic rings. The molecule has 4 rings (SSSR count). The summed E-state index contributed by atoms with van der Waals surface area (Å²) in [7, 11) is 0. The van der Waals surface area contributed by atoms with Crippen LogP contribution in [0.3, 0.4) is 0 Å². The molecule has 0 saturated carbocycles. The van der Waals surface area contributed by atoms with Crippen molar-refractivity contribution in [2.45, 2.75) is 25.3 Å². The summed E-state index contributed by atoms with van der Waals surface area (Å²) in [5.41, 5.74) is 4.53. The topological polar surface area (TPSA) is 50.7 Å². The van der Waals surface area contributed by atoms with E-state index in [1.807, 2.05) is 12.1 Å². The molecule has 104 valence electrons. The standard InChI is InChI=1S/C17H16N4/c1-2-7-13-12(5-1)6-3-8-14(13)21-17-16-15(19-11-20-17)9-4-10-18-16/h1-2,4-5,7,9-11,14H,3,6,8H2,(H,19,20,21)/t14-/m0/s1. The highest BCUT2D eigenvalue weighted by Crippen LogP contribution is 2.32. The first-order chi connectivity index (χ1) is 10.4. The lowest BCUT2D eigenvalue weighted by molar-refractivity contribution is 0.599. The molecule has 1 atom stereocenters. The van der Waals surface area contributed by atoms with E-state index in [0.717, 1.165) is 29.7 Å². The number of benzene rings is 1. The van der Waals surface area contributed by atoms with Gasteiger partial charge in [-0.15, -0.1) is 0 Å². The molecular formula is C17H16N4. The van der Waals surface area contributed by atoms with Crippen LogP contribution in [0.5, 0.6) is 0 Å². The van der Waals surface area contributed by atoms with E-state index in [9.17, 15) is 0 Å². The van der Waals surface area contributed by atoms with Crippen LogP contribution in [0.4, 0.5) is 5.82 Å². The normalized spacial score (nSPS) is 17.4. The van der Waals surface area contributed by atoms with Crippen LogP contribution in [0.1, 0.15) is 30.0 Å². The Labute approximate surface area is 123 Å². The highest BCUT2D eigenvalue weighted by Gasteiger charge is 2.20. The number of pyridine rings is 1. The van der Waals surface area contributed by atoms with Crippen molar-refractivity contribution < 1.29 is 0 Å². The van der Waals surface area contributed by atoms with Crippen molar-refractivity contribution in [3.05, 3.63) is 60.0 Å². The third-order valence-electron chi connectivity index (χ3n) is 4.07. The minimum atomic E-state index is 0.301. The van der Waals surface area contributed by atoms with Crippen LogP contribution < -0.4 is 5.32 Å². The van der Waals surface area contributed by atoms with Gasteiger partial charge in [-0.05, 0) is 42.5 Å². The van der Waals surface area contributed by atoms with Crippen LogP contribution in [0.25, 0.3) is 11.0 Å². The van der Waals surface area contributed by atoms with Crippen molar-refractivity contribution in [2.75, 3.05) is 5.32 Å². The molecule has 4 nitrogen and oxygen atoms in total. The number of hydrogen-bond acceptors (Lipinski definition) is 4. The van der Waals surface area contributed by atoms with Crippen molar-refractivity contribution in [3.8, 4) is 0 Å². The van der Waals surface area contributed by atoms with Crippen molar-refractivity contribution in [1.82, 2.24) is 15.0 Å². The van der Waals surface area contributed by atoms with Crippen molar-refractivity contribution in [3.63, 3.8) is 0 Å². The van der Waals surface area contributed by atoms with Gasteiger partial charge in [0.05, 0.1) is 11.6 Å². The lowest BCUT2D eigenvalue weighted by Crippen LogP contribution is -2.18. The zero-order valence-electron chi connectivity index (χ0n) is 11.7. The Hall–Kier alpha value is -2.49. The summed E-state index contributed by atoms with van der Waals surface area (Å²) in [6.45, 7) is 0. The molecule has 21 heavy (non-hydrogen) atoms. The zero-order valence-corrected chi connectivity index (χ0v) is 11.7. The summed E-state index contributed by atoms with van der Waals surface area (Å²) in [5, 5.41) is 3.57. The Morgan fingerprint density at radius 1 is 1.00 bits per heavy atom. The highest BCUT2D eigenvalue weighted by atomic mass is 15.1. The SMILES string of the molecule is c1ccc2c(c1)CCC[C@@H]2Nc1ncnc2cccnc12. The predicted octanol–water partition coefficient (Wildman–Crippen LogP) is 3.51. The van der Waals surface area contributed by atoms with Gasteiger partial charge in [0.15, 0.2) is 5.82 Å². The highest BCUT2D eigenvalue weighted by molar-refractivity contribution is 5.84. The minimum absolute atomic E-state index is 0.301. The quantitative estimate of drug-likeness (QED) is 0.778. The molecule has 3 aromatic rings. The lowest BCUT2D eigenvalue weighted by atomic mass is 9.88. The Kier molecular flexibility index (Phi) is 2.99.